The fraction of sp³-hybridized carbons (Fsp3) is 0.609. The molecule has 0 saturated carbocycles. The van der Waals surface area contributed by atoms with Gasteiger partial charge in [0.25, 0.3) is 0 Å². The number of anilines is 1. The third-order valence-electron chi connectivity index (χ3n) is 5.38. The number of hydrogen-bond acceptors (Lipinski definition) is 5. The van der Waals surface area contributed by atoms with E-state index in [1.165, 1.54) is 22.9 Å². The lowest BCUT2D eigenvalue weighted by Crippen LogP contribution is -2.23. The third-order valence-corrected chi connectivity index (χ3v) is 6.35. The van der Waals surface area contributed by atoms with Crippen LogP contribution in [0.3, 0.4) is 0 Å². The quantitative estimate of drug-likeness (QED) is 0.482. The van der Waals surface area contributed by atoms with E-state index in [0.717, 1.165) is 55.3 Å². The second-order valence-corrected chi connectivity index (χ2v) is 8.67. The van der Waals surface area contributed by atoms with Gasteiger partial charge in [-0.05, 0) is 50.9 Å². The van der Waals surface area contributed by atoms with Gasteiger partial charge in [0.2, 0.25) is 5.91 Å². The number of rotatable bonds is 12. The Bertz CT molecular complexity index is 796. The van der Waals surface area contributed by atoms with Crippen LogP contribution in [0, 0.1) is 0 Å². The summed E-state index contributed by atoms with van der Waals surface area (Å²) in [5, 5.41) is 12.9. The van der Waals surface area contributed by atoms with Crippen molar-refractivity contribution in [3.63, 3.8) is 0 Å². The summed E-state index contributed by atoms with van der Waals surface area (Å²) in [5.74, 6) is 1.31. The Hall–Kier alpha value is -1.86. The van der Waals surface area contributed by atoms with Gasteiger partial charge in [0, 0.05) is 12.2 Å². The molecule has 1 aromatic carbocycles. The summed E-state index contributed by atoms with van der Waals surface area (Å²) < 4.78 is 2.20. The predicted molar refractivity (Wildman–Crippen MR) is 126 cm³/mol. The number of nitrogens with one attached hydrogen (secondary N) is 1. The van der Waals surface area contributed by atoms with E-state index in [9.17, 15) is 4.79 Å². The largest absolute Gasteiger partial charge is 0.325 e. The summed E-state index contributed by atoms with van der Waals surface area (Å²) in [5.41, 5.74) is 3.33. The van der Waals surface area contributed by atoms with E-state index in [1.807, 2.05) is 0 Å². The predicted octanol–water partition coefficient (Wildman–Crippen LogP) is 4.95. The lowest BCUT2D eigenvalue weighted by molar-refractivity contribution is -0.113. The first-order chi connectivity index (χ1) is 14.5. The van der Waals surface area contributed by atoms with Gasteiger partial charge in [-0.3, -0.25) is 9.69 Å². The number of amides is 1. The molecule has 0 spiro atoms. The molecule has 166 valence electrons. The van der Waals surface area contributed by atoms with Gasteiger partial charge in [-0.15, -0.1) is 10.2 Å². The van der Waals surface area contributed by atoms with Gasteiger partial charge in [-0.1, -0.05) is 64.1 Å². The molecule has 2 rings (SSSR count). The van der Waals surface area contributed by atoms with Gasteiger partial charge in [0.1, 0.15) is 0 Å². The number of carbonyl (C=O) groups is 1. The van der Waals surface area contributed by atoms with Crippen molar-refractivity contribution in [2.45, 2.75) is 77.5 Å². The number of carbonyl (C=O) groups excluding carboxylic acids is 1. The number of nitrogens with zero attached hydrogens (tertiary/aromatic N) is 4. The normalized spacial score (nSPS) is 12.4. The van der Waals surface area contributed by atoms with Crippen molar-refractivity contribution in [2.24, 2.45) is 0 Å². The lowest BCUT2D eigenvalue weighted by atomic mass is 10.0. The molecular formula is C23H37N5OS. The molecule has 7 heteroatoms. The van der Waals surface area contributed by atoms with Crippen molar-refractivity contribution >= 4 is 23.4 Å². The van der Waals surface area contributed by atoms with Crippen LogP contribution in [0.25, 0.3) is 0 Å². The van der Waals surface area contributed by atoms with E-state index < -0.39 is 0 Å². The van der Waals surface area contributed by atoms with E-state index >= 15 is 0 Å². The molecule has 2 aromatic rings. The molecule has 30 heavy (non-hydrogen) atoms. The van der Waals surface area contributed by atoms with Gasteiger partial charge < -0.3 is 9.88 Å². The molecule has 0 aliphatic rings. The second kappa shape index (κ2) is 12.1. The van der Waals surface area contributed by atoms with Gasteiger partial charge in [-0.25, -0.2) is 0 Å². The number of unbranched alkanes of at least 4 members (excludes halogenated alkanes) is 1. The maximum atomic E-state index is 12.8. The molecule has 1 amide bonds. The minimum Gasteiger partial charge on any atom is -0.325 e. The molecule has 0 aliphatic carbocycles. The van der Waals surface area contributed by atoms with Crippen molar-refractivity contribution < 1.29 is 4.79 Å². The molecule has 0 saturated heterocycles. The van der Waals surface area contributed by atoms with Crippen molar-refractivity contribution in [3.8, 4) is 0 Å². The Labute approximate surface area is 185 Å². The zero-order chi connectivity index (χ0) is 22.1. The number of aromatic nitrogens is 3. The van der Waals surface area contributed by atoms with Crippen LogP contribution in [-0.4, -0.2) is 45.4 Å². The Morgan fingerprint density at radius 1 is 1.13 bits per heavy atom. The highest BCUT2D eigenvalue weighted by Crippen LogP contribution is 2.27. The average Bonchev–Trinajstić information content (AvgIpc) is 3.13. The summed E-state index contributed by atoms with van der Waals surface area (Å²) in [4.78, 5) is 14.9. The number of hydrogen-bond donors (Lipinski definition) is 1. The Kier molecular flexibility index (Phi) is 9.85. The molecule has 0 aliphatic heterocycles. The van der Waals surface area contributed by atoms with Crippen LogP contribution in [0.2, 0.25) is 0 Å². The molecule has 0 bridgehead atoms. The Morgan fingerprint density at radius 2 is 1.80 bits per heavy atom. The summed E-state index contributed by atoms with van der Waals surface area (Å²) in [7, 11) is 4.15. The number of thioether (sulfide) groups is 1. The van der Waals surface area contributed by atoms with E-state index in [-0.39, 0.29) is 11.9 Å². The first-order valence-corrected chi connectivity index (χ1v) is 12.1. The maximum absolute atomic E-state index is 12.8. The van der Waals surface area contributed by atoms with Gasteiger partial charge in [0.15, 0.2) is 11.0 Å². The second-order valence-electron chi connectivity index (χ2n) is 7.73. The molecule has 0 fully saturated rings. The lowest BCUT2D eigenvalue weighted by Gasteiger charge is -2.23. The van der Waals surface area contributed by atoms with E-state index in [4.69, 9.17) is 0 Å². The van der Waals surface area contributed by atoms with Crippen LogP contribution in [0.4, 0.5) is 5.69 Å². The molecule has 0 radical (unpaired) electrons. The Morgan fingerprint density at radius 3 is 2.33 bits per heavy atom. The molecule has 1 aromatic heterocycles. The highest BCUT2D eigenvalue weighted by Gasteiger charge is 2.22. The minimum absolute atomic E-state index is 0.00171. The highest BCUT2D eigenvalue weighted by atomic mass is 32.2. The highest BCUT2D eigenvalue weighted by molar-refractivity contribution is 7.99. The fourth-order valence-electron chi connectivity index (χ4n) is 3.67. The number of aryl methyl sites for hydroxylation is 2. The van der Waals surface area contributed by atoms with Crippen LogP contribution in [-0.2, 0) is 24.2 Å². The molecule has 0 unspecified atom stereocenters. The van der Waals surface area contributed by atoms with Gasteiger partial charge in [0.05, 0.1) is 11.8 Å². The average molecular weight is 432 g/mol. The summed E-state index contributed by atoms with van der Waals surface area (Å²) in [6.45, 7) is 9.47. The first kappa shape index (κ1) is 24.4. The molecule has 1 heterocycles. The topological polar surface area (TPSA) is 63.1 Å². The van der Waals surface area contributed by atoms with Crippen molar-refractivity contribution in [1.82, 2.24) is 19.7 Å². The maximum Gasteiger partial charge on any atom is 0.234 e. The minimum atomic E-state index is 0.00171. The van der Waals surface area contributed by atoms with Crippen LogP contribution in [0.1, 0.15) is 70.0 Å². The van der Waals surface area contributed by atoms with E-state index in [0.29, 0.717) is 5.75 Å². The van der Waals surface area contributed by atoms with Crippen molar-refractivity contribution in [1.29, 1.82) is 0 Å². The molecule has 1 atom stereocenters. The van der Waals surface area contributed by atoms with E-state index in [2.05, 4.69) is 85.0 Å². The van der Waals surface area contributed by atoms with Crippen LogP contribution >= 0.6 is 11.8 Å². The summed E-state index contributed by atoms with van der Waals surface area (Å²) in [6.07, 6.45) is 4.94. The first-order valence-electron chi connectivity index (χ1n) is 11.1. The van der Waals surface area contributed by atoms with Gasteiger partial charge >= 0.3 is 0 Å². The molecule has 6 nitrogen and oxygen atoms in total. The summed E-state index contributed by atoms with van der Waals surface area (Å²) >= 11 is 1.47. The zero-order valence-corrected chi connectivity index (χ0v) is 20.2. The smallest absolute Gasteiger partial charge is 0.234 e. The van der Waals surface area contributed by atoms with Crippen LogP contribution in [0.5, 0.6) is 0 Å². The SMILES string of the molecule is CCCCn1c(SCC(=O)Nc2c(CC)cccc2CC)nnc1[C@@H](CC)N(C)C. The van der Waals surface area contributed by atoms with Crippen LogP contribution in [0.15, 0.2) is 23.4 Å². The standard InChI is InChI=1S/C23H37N5OS/c1-7-11-15-28-22(19(10-4)27(5)6)25-26-23(28)30-16-20(29)24-21-17(8-2)13-12-14-18(21)9-3/h12-14,19H,7-11,15-16H2,1-6H3,(H,24,29)/t19-/m1/s1. The van der Waals surface area contributed by atoms with Crippen molar-refractivity contribution in [2.75, 3.05) is 25.2 Å². The van der Waals surface area contributed by atoms with Gasteiger partial charge in [-0.2, -0.15) is 0 Å². The zero-order valence-electron chi connectivity index (χ0n) is 19.4. The van der Waals surface area contributed by atoms with Crippen molar-refractivity contribution in [3.05, 3.63) is 35.2 Å². The van der Waals surface area contributed by atoms with Crippen LogP contribution < -0.4 is 5.32 Å². The van der Waals surface area contributed by atoms with E-state index in [1.54, 1.807) is 0 Å². The molecular weight excluding hydrogens is 394 g/mol. The number of para-hydroxylation sites is 1. The molecule has 1 N–H and O–H groups in total. The number of benzene rings is 1. The fourth-order valence-corrected chi connectivity index (χ4v) is 4.44. The summed E-state index contributed by atoms with van der Waals surface area (Å²) in [6, 6.07) is 6.46. The third kappa shape index (κ3) is 6.08. The Balaban J connectivity index is 2.15. The monoisotopic (exact) mass is 431 g/mol.